The summed E-state index contributed by atoms with van der Waals surface area (Å²) in [6.07, 6.45) is 0.523. The number of ether oxygens (including phenoxy) is 1. The molecule has 0 bridgehead atoms. The second-order valence-corrected chi connectivity index (χ2v) is 16.0. The van der Waals surface area contributed by atoms with E-state index in [4.69, 9.17) is 14.9 Å². The van der Waals surface area contributed by atoms with Crippen molar-refractivity contribution in [2.24, 2.45) is 5.73 Å². The Hall–Kier alpha value is -2.92. The Morgan fingerprint density at radius 3 is 2.35 bits per heavy atom. The summed E-state index contributed by atoms with van der Waals surface area (Å²) < 4.78 is 14.8. The van der Waals surface area contributed by atoms with Crippen LogP contribution in [0.25, 0.3) is 22.3 Å². The number of aliphatic hydroxyl groups excluding tert-OH is 1. The molecule has 4 rings (SSSR count). The van der Waals surface area contributed by atoms with Gasteiger partial charge < -0.3 is 24.6 Å². The van der Waals surface area contributed by atoms with Crippen LogP contribution in [0.2, 0.25) is 16.6 Å². The topological polar surface area (TPSA) is 130 Å². The number of nitrogens with two attached hydrogens (primary N) is 1. The van der Waals surface area contributed by atoms with Crippen molar-refractivity contribution in [1.29, 1.82) is 0 Å². The van der Waals surface area contributed by atoms with Crippen molar-refractivity contribution >= 4 is 31.0 Å². The first-order chi connectivity index (χ1) is 17.5. The molecule has 0 saturated carbocycles. The Labute approximate surface area is 218 Å². The molecule has 1 aromatic carbocycles. The predicted octanol–water partition coefficient (Wildman–Crippen LogP) is 4.22. The number of primary amides is 1. The van der Waals surface area contributed by atoms with Crippen molar-refractivity contribution in [2.45, 2.75) is 76.6 Å². The van der Waals surface area contributed by atoms with Gasteiger partial charge in [-0.1, -0.05) is 59.7 Å². The van der Waals surface area contributed by atoms with Crippen LogP contribution >= 0.6 is 0 Å². The normalized spacial score (nSPS) is 20.6. The van der Waals surface area contributed by atoms with E-state index in [1.165, 1.54) is 6.33 Å². The maximum atomic E-state index is 13.4. The molecule has 1 amide bonds. The van der Waals surface area contributed by atoms with Crippen LogP contribution in [-0.2, 0) is 14.0 Å². The second-order valence-electron chi connectivity index (χ2n) is 10.5. The van der Waals surface area contributed by atoms with Gasteiger partial charge in [-0.2, -0.15) is 0 Å². The standard InChI is InChI=1S/C27H36N4O5Si/c1-15(2)37(16(3)4,17(5)6)36-24-23(33)21(13-32)35-27(24)31-12-11-20-22(29-14-30-26(20)31)18-9-7-8-10-19(18)25(28)34/h7-12,14-17,21,24,27,32H,13H2,1-6H3,(H2,28,34)/t21-,24-,27-/m1/s1. The van der Waals surface area contributed by atoms with Crippen molar-refractivity contribution in [3.05, 3.63) is 48.4 Å². The molecule has 0 spiro atoms. The number of fused-ring (bicyclic) bond motifs is 1. The molecule has 10 heteroatoms. The van der Waals surface area contributed by atoms with E-state index in [9.17, 15) is 14.7 Å². The average molecular weight is 525 g/mol. The highest BCUT2D eigenvalue weighted by Crippen LogP contribution is 2.46. The smallest absolute Gasteiger partial charge is 0.249 e. The van der Waals surface area contributed by atoms with E-state index in [0.717, 1.165) is 0 Å². The SMILES string of the molecule is CC(C)[Si](O[C@@H]1C(=O)[C@@H](CO)O[C@H]1n1ccc2c(-c3ccccc3C(N)=O)ncnc21)(C(C)C)C(C)C. The third-order valence-corrected chi connectivity index (χ3v) is 13.7. The van der Waals surface area contributed by atoms with Crippen molar-refractivity contribution in [3.63, 3.8) is 0 Å². The summed E-state index contributed by atoms with van der Waals surface area (Å²) in [4.78, 5) is 34.5. The minimum atomic E-state index is -2.46. The Morgan fingerprint density at radius 2 is 1.76 bits per heavy atom. The fourth-order valence-electron chi connectivity index (χ4n) is 6.01. The van der Waals surface area contributed by atoms with Gasteiger partial charge in [0.2, 0.25) is 14.2 Å². The molecule has 0 radical (unpaired) electrons. The van der Waals surface area contributed by atoms with Crippen molar-refractivity contribution in [2.75, 3.05) is 6.61 Å². The zero-order valence-electron chi connectivity index (χ0n) is 22.2. The number of carbonyl (C=O) groups is 2. The van der Waals surface area contributed by atoms with Gasteiger partial charge in [0.25, 0.3) is 0 Å². The Balaban J connectivity index is 1.84. The van der Waals surface area contributed by atoms with E-state index in [-0.39, 0.29) is 22.4 Å². The summed E-state index contributed by atoms with van der Waals surface area (Å²) in [6, 6.07) is 8.84. The quantitative estimate of drug-likeness (QED) is 0.401. The molecule has 3 heterocycles. The number of hydrogen-bond acceptors (Lipinski definition) is 7. The molecule has 1 saturated heterocycles. The maximum absolute atomic E-state index is 13.4. The number of Topliss-reactive ketones (excluding diaryl/α,β-unsaturated/α-hetero) is 1. The Bertz CT molecular complexity index is 1280. The van der Waals surface area contributed by atoms with Gasteiger partial charge in [0.1, 0.15) is 18.1 Å². The van der Waals surface area contributed by atoms with Crippen LogP contribution in [0.5, 0.6) is 0 Å². The fraction of sp³-hybridized carbons (Fsp3) is 0.481. The van der Waals surface area contributed by atoms with E-state index < -0.39 is 39.3 Å². The van der Waals surface area contributed by atoms with Crippen LogP contribution < -0.4 is 5.73 Å². The van der Waals surface area contributed by atoms with Crippen LogP contribution in [0.4, 0.5) is 0 Å². The number of amides is 1. The molecule has 3 N–H and O–H groups in total. The lowest BCUT2D eigenvalue weighted by atomic mass is 10.0. The van der Waals surface area contributed by atoms with Crippen LogP contribution in [0.1, 0.15) is 58.1 Å². The fourth-order valence-corrected chi connectivity index (χ4v) is 11.5. The van der Waals surface area contributed by atoms with Gasteiger partial charge in [0.05, 0.1) is 12.3 Å². The number of hydrogen-bond donors (Lipinski definition) is 2. The summed E-state index contributed by atoms with van der Waals surface area (Å²) in [5.74, 6) is -0.815. The predicted molar refractivity (Wildman–Crippen MR) is 143 cm³/mol. The monoisotopic (exact) mass is 524 g/mol. The molecule has 3 atom stereocenters. The van der Waals surface area contributed by atoms with E-state index in [1.54, 1.807) is 29.0 Å². The molecule has 198 valence electrons. The highest BCUT2D eigenvalue weighted by molar-refractivity contribution is 6.77. The summed E-state index contributed by atoms with van der Waals surface area (Å²) in [7, 11) is -2.46. The lowest BCUT2D eigenvalue weighted by Gasteiger charge is -2.44. The molecule has 1 aliphatic rings. The van der Waals surface area contributed by atoms with Gasteiger partial charge in [0, 0.05) is 22.7 Å². The molecule has 0 aliphatic carbocycles. The molecule has 3 aromatic rings. The highest BCUT2D eigenvalue weighted by Gasteiger charge is 2.53. The van der Waals surface area contributed by atoms with E-state index in [1.807, 2.05) is 12.1 Å². The number of benzene rings is 1. The maximum Gasteiger partial charge on any atom is 0.249 e. The molecular weight excluding hydrogens is 488 g/mol. The van der Waals surface area contributed by atoms with E-state index >= 15 is 0 Å². The van der Waals surface area contributed by atoms with Crippen molar-refractivity contribution in [3.8, 4) is 11.3 Å². The molecule has 9 nitrogen and oxygen atoms in total. The number of carbonyl (C=O) groups excluding carboxylic acids is 2. The third kappa shape index (κ3) is 4.52. The first-order valence-electron chi connectivity index (χ1n) is 12.7. The first-order valence-corrected chi connectivity index (χ1v) is 14.9. The van der Waals surface area contributed by atoms with Crippen molar-refractivity contribution in [1.82, 2.24) is 14.5 Å². The first kappa shape index (κ1) is 27.1. The Morgan fingerprint density at radius 1 is 1.11 bits per heavy atom. The minimum Gasteiger partial charge on any atom is -0.402 e. The summed E-state index contributed by atoms with van der Waals surface area (Å²) in [5.41, 5.74) is 8.42. The van der Waals surface area contributed by atoms with E-state index in [2.05, 4.69) is 51.5 Å². The molecule has 2 aromatic heterocycles. The van der Waals surface area contributed by atoms with Crippen LogP contribution in [0.15, 0.2) is 42.9 Å². The highest BCUT2D eigenvalue weighted by atomic mass is 28.4. The van der Waals surface area contributed by atoms with Crippen LogP contribution in [0, 0.1) is 0 Å². The Kier molecular flexibility index (Phi) is 7.66. The second kappa shape index (κ2) is 10.4. The third-order valence-electron chi connectivity index (χ3n) is 7.60. The largest absolute Gasteiger partial charge is 0.402 e. The molecule has 1 aliphatic heterocycles. The van der Waals surface area contributed by atoms with Crippen molar-refractivity contribution < 1.29 is 23.9 Å². The van der Waals surface area contributed by atoms with Crippen LogP contribution in [-0.4, -0.2) is 58.5 Å². The average Bonchev–Trinajstić information content (AvgIpc) is 3.42. The van der Waals surface area contributed by atoms with Gasteiger partial charge in [-0.05, 0) is 28.8 Å². The van der Waals surface area contributed by atoms with Gasteiger partial charge in [-0.25, -0.2) is 9.97 Å². The molecule has 0 unspecified atom stereocenters. The lowest BCUT2D eigenvalue weighted by molar-refractivity contribution is -0.127. The number of aliphatic hydroxyl groups is 1. The zero-order valence-corrected chi connectivity index (χ0v) is 23.2. The minimum absolute atomic E-state index is 0.259. The number of ketones is 1. The van der Waals surface area contributed by atoms with E-state index in [0.29, 0.717) is 27.9 Å². The van der Waals surface area contributed by atoms with Gasteiger partial charge in [-0.3, -0.25) is 9.59 Å². The van der Waals surface area contributed by atoms with Gasteiger partial charge in [0.15, 0.2) is 18.1 Å². The summed E-state index contributed by atoms with van der Waals surface area (Å²) >= 11 is 0. The number of nitrogens with zero attached hydrogens (tertiary/aromatic N) is 3. The van der Waals surface area contributed by atoms with Gasteiger partial charge >= 0.3 is 0 Å². The lowest BCUT2D eigenvalue weighted by Crippen LogP contribution is -2.52. The summed E-state index contributed by atoms with van der Waals surface area (Å²) in [5, 5.41) is 10.6. The van der Waals surface area contributed by atoms with Gasteiger partial charge in [-0.15, -0.1) is 0 Å². The van der Waals surface area contributed by atoms with Crippen LogP contribution in [0.3, 0.4) is 0 Å². The number of aromatic nitrogens is 3. The number of rotatable bonds is 9. The summed E-state index contributed by atoms with van der Waals surface area (Å²) in [6.45, 7) is 12.5. The molecular formula is C27H36N4O5Si. The zero-order chi connectivity index (χ0) is 27.1. The molecule has 1 fully saturated rings. The molecule has 37 heavy (non-hydrogen) atoms.